The third-order valence-corrected chi connectivity index (χ3v) is 3.10. The number of phenols is 1. The van der Waals surface area contributed by atoms with Gasteiger partial charge in [-0.3, -0.25) is 4.79 Å². The molecule has 0 aromatic heterocycles. The first-order valence-corrected chi connectivity index (χ1v) is 5.81. The van der Waals surface area contributed by atoms with Crippen LogP contribution < -0.4 is 5.32 Å². The number of aromatic hydroxyl groups is 1. The zero-order valence-electron chi connectivity index (χ0n) is 9.28. The van der Waals surface area contributed by atoms with Gasteiger partial charge in [-0.05, 0) is 37.1 Å². The highest BCUT2D eigenvalue weighted by molar-refractivity contribution is 5.97. The molecular formula is C13H17NO2. The summed E-state index contributed by atoms with van der Waals surface area (Å²) in [7, 11) is 0. The molecule has 0 bridgehead atoms. The van der Waals surface area contributed by atoms with Crippen LogP contribution in [0.5, 0.6) is 5.75 Å². The van der Waals surface area contributed by atoms with Crippen molar-refractivity contribution in [2.45, 2.75) is 31.7 Å². The Balaban J connectivity index is 1.85. The highest BCUT2D eigenvalue weighted by Crippen LogP contribution is 2.17. The van der Waals surface area contributed by atoms with Crippen LogP contribution in [0.3, 0.4) is 0 Å². The molecule has 0 saturated heterocycles. The van der Waals surface area contributed by atoms with Gasteiger partial charge in [0.2, 0.25) is 0 Å². The van der Waals surface area contributed by atoms with Crippen molar-refractivity contribution in [2.24, 2.45) is 0 Å². The van der Waals surface area contributed by atoms with Crippen molar-refractivity contribution in [2.75, 3.05) is 6.54 Å². The molecule has 0 aliphatic heterocycles. The molecule has 3 nitrogen and oxygen atoms in total. The molecule has 2 N–H and O–H groups in total. The number of rotatable bonds is 4. The lowest BCUT2D eigenvalue weighted by molar-refractivity contribution is 0.0987. The standard InChI is InChI=1S/C13H17NO2/c15-12-7-5-10(6-8-12)13(16)9-14-11-3-1-2-4-11/h5-8,11,14-15H,1-4,9H2. The minimum atomic E-state index is 0.0897. The predicted octanol–water partition coefficient (Wildman–Crippen LogP) is 2.11. The maximum atomic E-state index is 11.8. The predicted molar refractivity (Wildman–Crippen MR) is 62.7 cm³/mol. The smallest absolute Gasteiger partial charge is 0.176 e. The second-order valence-electron chi connectivity index (χ2n) is 4.33. The van der Waals surface area contributed by atoms with E-state index in [1.54, 1.807) is 24.3 Å². The van der Waals surface area contributed by atoms with Crippen LogP contribution in [0.2, 0.25) is 0 Å². The van der Waals surface area contributed by atoms with Gasteiger partial charge in [0.15, 0.2) is 5.78 Å². The molecule has 1 aliphatic carbocycles. The lowest BCUT2D eigenvalue weighted by Gasteiger charge is -2.10. The molecule has 0 radical (unpaired) electrons. The van der Waals surface area contributed by atoms with Crippen LogP contribution in [0.1, 0.15) is 36.0 Å². The molecule has 1 aliphatic rings. The van der Waals surface area contributed by atoms with Gasteiger partial charge >= 0.3 is 0 Å². The van der Waals surface area contributed by atoms with Crippen molar-refractivity contribution in [1.82, 2.24) is 5.32 Å². The van der Waals surface area contributed by atoms with Gasteiger partial charge in [-0.15, -0.1) is 0 Å². The minimum Gasteiger partial charge on any atom is -0.508 e. The maximum absolute atomic E-state index is 11.8. The van der Waals surface area contributed by atoms with E-state index in [1.165, 1.54) is 25.7 Å². The van der Waals surface area contributed by atoms with Gasteiger partial charge in [0, 0.05) is 11.6 Å². The Morgan fingerprint density at radius 2 is 1.88 bits per heavy atom. The lowest BCUT2D eigenvalue weighted by atomic mass is 10.1. The Morgan fingerprint density at radius 1 is 1.25 bits per heavy atom. The third kappa shape index (κ3) is 2.83. The van der Waals surface area contributed by atoms with Crippen LogP contribution in [-0.4, -0.2) is 23.5 Å². The van der Waals surface area contributed by atoms with Crippen molar-refractivity contribution in [3.05, 3.63) is 29.8 Å². The average Bonchev–Trinajstić information content (AvgIpc) is 2.80. The van der Waals surface area contributed by atoms with Crippen molar-refractivity contribution in [3.8, 4) is 5.75 Å². The maximum Gasteiger partial charge on any atom is 0.176 e. The van der Waals surface area contributed by atoms with E-state index in [2.05, 4.69) is 5.32 Å². The van der Waals surface area contributed by atoms with E-state index in [-0.39, 0.29) is 11.5 Å². The number of hydrogen-bond acceptors (Lipinski definition) is 3. The van der Waals surface area contributed by atoms with Crippen LogP contribution in [0.15, 0.2) is 24.3 Å². The van der Waals surface area contributed by atoms with Gasteiger partial charge < -0.3 is 10.4 Å². The Hall–Kier alpha value is -1.35. The third-order valence-electron chi connectivity index (χ3n) is 3.10. The molecule has 16 heavy (non-hydrogen) atoms. The second kappa shape index (κ2) is 5.12. The molecule has 0 amide bonds. The Morgan fingerprint density at radius 3 is 2.50 bits per heavy atom. The Labute approximate surface area is 95.5 Å². The topological polar surface area (TPSA) is 49.3 Å². The van der Waals surface area contributed by atoms with Crippen LogP contribution in [-0.2, 0) is 0 Å². The van der Waals surface area contributed by atoms with E-state index in [0.29, 0.717) is 18.2 Å². The molecule has 0 spiro atoms. The SMILES string of the molecule is O=C(CNC1CCCC1)c1ccc(O)cc1. The molecule has 0 unspecified atom stereocenters. The largest absolute Gasteiger partial charge is 0.508 e. The van der Waals surface area contributed by atoms with E-state index in [4.69, 9.17) is 5.11 Å². The van der Waals surface area contributed by atoms with Crippen molar-refractivity contribution >= 4 is 5.78 Å². The van der Waals surface area contributed by atoms with Gasteiger partial charge in [-0.2, -0.15) is 0 Å². The summed E-state index contributed by atoms with van der Waals surface area (Å²) in [5, 5.41) is 12.4. The van der Waals surface area contributed by atoms with Crippen molar-refractivity contribution < 1.29 is 9.90 Å². The Bertz CT molecular complexity index is 353. The summed E-state index contributed by atoms with van der Waals surface area (Å²) < 4.78 is 0. The van der Waals surface area contributed by atoms with Crippen LogP contribution in [0.25, 0.3) is 0 Å². The molecule has 1 aromatic rings. The normalized spacial score (nSPS) is 16.5. The first-order valence-electron chi connectivity index (χ1n) is 5.81. The number of carbonyl (C=O) groups is 1. The monoisotopic (exact) mass is 219 g/mol. The zero-order valence-corrected chi connectivity index (χ0v) is 9.28. The van der Waals surface area contributed by atoms with Gasteiger partial charge in [0.1, 0.15) is 5.75 Å². The van der Waals surface area contributed by atoms with E-state index >= 15 is 0 Å². The number of benzene rings is 1. The van der Waals surface area contributed by atoms with Gasteiger partial charge in [-0.25, -0.2) is 0 Å². The van der Waals surface area contributed by atoms with E-state index in [9.17, 15) is 4.79 Å². The first kappa shape index (κ1) is 11.1. The number of ketones is 1. The molecule has 1 saturated carbocycles. The summed E-state index contributed by atoms with van der Waals surface area (Å²) >= 11 is 0. The van der Waals surface area contributed by atoms with E-state index in [0.717, 1.165) is 0 Å². The zero-order chi connectivity index (χ0) is 11.4. The molecule has 1 aromatic carbocycles. The van der Waals surface area contributed by atoms with Crippen molar-refractivity contribution in [1.29, 1.82) is 0 Å². The van der Waals surface area contributed by atoms with Gasteiger partial charge in [-0.1, -0.05) is 12.8 Å². The van der Waals surface area contributed by atoms with Gasteiger partial charge in [0.05, 0.1) is 6.54 Å². The first-order chi connectivity index (χ1) is 7.75. The van der Waals surface area contributed by atoms with Gasteiger partial charge in [0.25, 0.3) is 0 Å². The van der Waals surface area contributed by atoms with Crippen LogP contribution >= 0.6 is 0 Å². The highest BCUT2D eigenvalue weighted by atomic mass is 16.3. The van der Waals surface area contributed by atoms with E-state index < -0.39 is 0 Å². The number of phenolic OH excluding ortho intramolecular Hbond substituents is 1. The fraction of sp³-hybridized carbons (Fsp3) is 0.462. The molecule has 86 valence electrons. The molecular weight excluding hydrogens is 202 g/mol. The second-order valence-corrected chi connectivity index (χ2v) is 4.33. The summed E-state index contributed by atoms with van der Waals surface area (Å²) in [5.41, 5.74) is 0.656. The summed E-state index contributed by atoms with van der Waals surface area (Å²) in [6.07, 6.45) is 4.90. The molecule has 0 atom stereocenters. The molecule has 2 rings (SSSR count). The van der Waals surface area contributed by atoms with Crippen molar-refractivity contribution in [3.63, 3.8) is 0 Å². The molecule has 1 fully saturated rings. The average molecular weight is 219 g/mol. The number of carbonyl (C=O) groups excluding carboxylic acids is 1. The number of nitrogens with one attached hydrogen (secondary N) is 1. The van der Waals surface area contributed by atoms with E-state index in [1.807, 2.05) is 0 Å². The summed E-state index contributed by atoms with van der Waals surface area (Å²) in [6, 6.07) is 6.93. The number of Topliss-reactive ketones (excluding diaryl/α,β-unsaturated/α-hetero) is 1. The summed E-state index contributed by atoms with van der Waals surface area (Å²) in [6.45, 7) is 0.398. The highest BCUT2D eigenvalue weighted by Gasteiger charge is 2.15. The van der Waals surface area contributed by atoms with Crippen LogP contribution in [0, 0.1) is 0 Å². The lowest BCUT2D eigenvalue weighted by Crippen LogP contribution is -2.31. The fourth-order valence-electron chi connectivity index (χ4n) is 2.12. The molecule has 0 heterocycles. The summed E-state index contributed by atoms with van der Waals surface area (Å²) in [4.78, 5) is 11.8. The minimum absolute atomic E-state index is 0.0897. The Kier molecular flexibility index (Phi) is 3.57. The fourth-order valence-corrected chi connectivity index (χ4v) is 2.12. The number of hydrogen-bond donors (Lipinski definition) is 2. The summed E-state index contributed by atoms with van der Waals surface area (Å²) in [5.74, 6) is 0.284. The molecule has 3 heteroatoms. The quantitative estimate of drug-likeness (QED) is 0.762. The van der Waals surface area contributed by atoms with Crippen LogP contribution in [0.4, 0.5) is 0 Å².